The summed E-state index contributed by atoms with van der Waals surface area (Å²) in [6.45, 7) is 4.26. The molecule has 0 aromatic heterocycles. The van der Waals surface area contributed by atoms with E-state index < -0.39 is 0 Å². The van der Waals surface area contributed by atoms with Crippen LogP contribution in [0, 0.1) is 23.2 Å². The van der Waals surface area contributed by atoms with Crippen molar-refractivity contribution >= 4 is 41.1 Å². The number of nitrogens with zero attached hydrogens (tertiary/aromatic N) is 3. The number of amides is 3. The van der Waals surface area contributed by atoms with Gasteiger partial charge in [-0.2, -0.15) is 0 Å². The fourth-order valence-corrected chi connectivity index (χ4v) is 7.79. The fraction of sp³-hybridized carbons (Fsp3) is 0.700. The molecule has 2 saturated heterocycles. The molecular formula is C30H39Cl2N3O4. The summed E-state index contributed by atoms with van der Waals surface area (Å²) >= 11 is 12.6. The lowest BCUT2D eigenvalue weighted by Gasteiger charge is -2.34. The zero-order chi connectivity index (χ0) is 27.5. The first-order valence-corrected chi connectivity index (χ1v) is 15.3. The number of piperidine rings is 1. The maximum atomic E-state index is 13.7. The third-order valence-corrected chi connectivity index (χ3v) is 11.1. The Hall–Kier alpha value is -1.99. The molecule has 7 nitrogen and oxygen atoms in total. The van der Waals surface area contributed by atoms with Crippen molar-refractivity contribution in [3.05, 3.63) is 33.8 Å². The number of likely N-dealkylation sites (N-methyl/N-ethyl adjacent to an activating group) is 1. The summed E-state index contributed by atoms with van der Waals surface area (Å²) in [5.41, 5.74) is 0.783. The molecule has 212 valence electrons. The van der Waals surface area contributed by atoms with Crippen molar-refractivity contribution in [3.8, 4) is 0 Å². The summed E-state index contributed by atoms with van der Waals surface area (Å²) in [7, 11) is 1.79. The van der Waals surface area contributed by atoms with Crippen LogP contribution >= 0.6 is 23.2 Å². The van der Waals surface area contributed by atoms with Crippen molar-refractivity contribution in [1.82, 2.24) is 14.7 Å². The predicted octanol–water partition coefficient (Wildman–Crippen LogP) is 5.58. The number of likely N-dealkylation sites (tertiary alicyclic amines) is 2. The van der Waals surface area contributed by atoms with Crippen LogP contribution < -0.4 is 0 Å². The van der Waals surface area contributed by atoms with Gasteiger partial charge in [0.05, 0.1) is 16.1 Å². The monoisotopic (exact) mass is 575 g/mol. The maximum Gasteiger partial charge on any atom is 0.410 e. The van der Waals surface area contributed by atoms with Crippen LogP contribution in [0.4, 0.5) is 4.79 Å². The topological polar surface area (TPSA) is 70.2 Å². The van der Waals surface area contributed by atoms with Crippen LogP contribution in [0.3, 0.4) is 0 Å². The van der Waals surface area contributed by atoms with Gasteiger partial charge in [-0.25, -0.2) is 4.79 Å². The van der Waals surface area contributed by atoms with Crippen LogP contribution in [0.15, 0.2) is 18.2 Å². The van der Waals surface area contributed by atoms with Crippen molar-refractivity contribution < 1.29 is 19.1 Å². The smallest absolute Gasteiger partial charge is 0.410 e. The van der Waals surface area contributed by atoms with Gasteiger partial charge in [0.1, 0.15) is 6.10 Å². The number of hydrogen-bond acceptors (Lipinski definition) is 4. The predicted molar refractivity (Wildman–Crippen MR) is 150 cm³/mol. The molecule has 9 heteroatoms. The summed E-state index contributed by atoms with van der Waals surface area (Å²) in [4.78, 5) is 45.4. The Morgan fingerprint density at radius 3 is 2.33 bits per heavy atom. The minimum atomic E-state index is -0.308. The van der Waals surface area contributed by atoms with E-state index >= 15 is 0 Å². The number of rotatable bonds is 5. The second kappa shape index (κ2) is 10.4. The van der Waals surface area contributed by atoms with Crippen LogP contribution in [-0.2, 0) is 14.3 Å². The van der Waals surface area contributed by atoms with E-state index in [1.807, 2.05) is 28.9 Å². The molecule has 3 aliphatic carbocycles. The van der Waals surface area contributed by atoms with Gasteiger partial charge in [0, 0.05) is 50.5 Å². The second-order valence-electron chi connectivity index (χ2n) is 12.9. The van der Waals surface area contributed by atoms with Crippen LogP contribution in [0.1, 0.15) is 69.8 Å². The summed E-state index contributed by atoms with van der Waals surface area (Å²) in [6, 6.07) is 5.35. The van der Waals surface area contributed by atoms with E-state index in [4.69, 9.17) is 27.9 Å². The molecule has 2 aliphatic heterocycles. The largest absolute Gasteiger partial charge is 0.446 e. The average molecular weight is 577 g/mol. The molecule has 5 aliphatic rings. The molecule has 6 rings (SSSR count). The van der Waals surface area contributed by atoms with Crippen molar-refractivity contribution in [3.63, 3.8) is 0 Å². The van der Waals surface area contributed by atoms with Crippen molar-refractivity contribution in [2.45, 2.75) is 76.4 Å². The van der Waals surface area contributed by atoms with Gasteiger partial charge in [0.25, 0.3) is 0 Å². The Kier molecular flexibility index (Phi) is 7.28. The van der Waals surface area contributed by atoms with E-state index in [0.717, 1.165) is 31.2 Å². The molecule has 3 unspecified atom stereocenters. The van der Waals surface area contributed by atoms with Gasteiger partial charge in [-0.05, 0) is 80.9 Å². The molecular weight excluding hydrogens is 537 g/mol. The number of fused-ring (bicyclic) bond motifs is 2. The summed E-state index contributed by atoms with van der Waals surface area (Å²) in [5, 5.41) is 0.944. The molecule has 1 aromatic rings. The van der Waals surface area contributed by atoms with Crippen molar-refractivity contribution in [2.75, 3.05) is 33.2 Å². The quantitative estimate of drug-likeness (QED) is 0.459. The first-order valence-electron chi connectivity index (χ1n) is 14.6. The molecule has 3 saturated carbocycles. The number of benzene rings is 1. The first kappa shape index (κ1) is 27.2. The average Bonchev–Trinajstić information content (AvgIpc) is 3.29. The Morgan fingerprint density at radius 1 is 0.974 bits per heavy atom. The highest BCUT2D eigenvalue weighted by atomic mass is 35.5. The highest BCUT2D eigenvalue weighted by molar-refractivity contribution is 6.42. The highest BCUT2D eigenvalue weighted by Crippen LogP contribution is 2.47. The van der Waals surface area contributed by atoms with E-state index in [1.54, 1.807) is 18.0 Å². The van der Waals surface area contributed by atoms with E-state index in [1.165, 1.54) is 12.8 Å². The Morgan fingerprint density at radius 2 is 1.72 bits per heavy atom. The van der Waals surface area contributed by atoms with Gasteiger partial charge in [0.15, 0.2) is 0 Å². The maximum absolute atomic E-state index is 13.7. The molecule has 1 aromatic carbocycles. The molecule has 39 heavy (non-hydrogen) atoms. The summed E-state index contributed by atoms with van der Waals surface area (Å²) < 4.78 is 6.02. The van der Waals surface area contributed by atoms with Gasteiger partial charge in [0.2, 0.25) is 11.8 Å². The minimum Gasteiger partial charge on any atom is -0.446 e. The van der Waals surface area contributed by atoms with Gasteiger partial charge < -0.3 is 19.4 Å². The van der Waals surface area contributed by atoms with E-state index in [-0.39, 0.29) is 47.3 Å². The molecule has 5 fully saturated rings. The van der Waals surface area contributed by atoms with Crippen LogP contribution in [0.25, 0.3) is 0 Å². The zero-order valence-electron chi connectivity index (χ0n) is 22.9. The second-order valence-corrected chi connectivity index (χ2v) is 13.7. The first-order chi connectivity index (χ1) is 18.6. The van der Waals surface area contributed by atoms with Gasteiger partial charge in [-0.1, -0.05) is 36.2 Å². The van der Waals surface area contributed by atoms with Gasteiger partial charge >= 0.3 is 6.09 Å². The number of halogens is 2. The Bertz CT molecular complexity index is 1150. The van der Waals surface area contributed by atoms with E-state index in [9.17, 15) is 14.4 Å². The molecule has 2 heterocycles. The third-order valence-electron chi connectivity index (χ3n) is 10.3. The van der Waals surface area contributed by atoms with E-state index in [2.05, 4.69) is 0 Å². The number of carbonyl (C=O) groups excluding carboxylic acids is 3. The lowest BCUT2D eigenvalue weighted by molar-refractivity contribution is -0.142. The Labute approximate surface area is 241 Å². The standard InChI is InChI=1S/C30H39Cl2N3O4/c1-30(9-10-30)28(37)34-11-7-19(8-12-34)27(36)35-16-22(20-5-6-23(31)24(32)15-20)25(17-35)33(2)29(38)39-26-14-18-3-4-21(26)13-18/h5-6,15,18-19,21-22,25-26H,3-4,7-14,16-17H2,1-2H3/t18?,21?,22-,25+,26?/m0/s1. The third kappa shape index (κ3) is 5.26. The summed E-state index contributed by atoms with van der Waals surface area (Å²) in [6.07, 6.45) is 7.53. The van der Waals surface area contributed by atoms with Gasteiger partial charge in [-0.3, -0.25) is 9.59 Å². The van der Waals surface area contributed by atoms with Crippen LogP contribution in [0.5, 0.6) is 0 Å². The summed E-state index contributed by atoms with van der Waals surface area (Å²) in [5.74, 6) is 1.32. The number of carbonyl (C=O) groups is 3. The molecule has 0 spiro atoms. The molecule has 0 N–H and O–H groups in total. The lowest BCUT2D eigenvalue weighted by Crippen LogP contribution is -2.47. The number of ether oxygens (including phenoxy) is 1. The Balaban J connectivity index is 1.14. The number of hydrogen-bond donors (Lipinski definition) is 0. The molecule has 0 radical (unpaired) electrons. The molecule has 5 atom stereocenters. The van der Waals surface area contributed by atoms with E-state index in [0.29, 0.717) is 60.9 Å². The molecule has 2 bridgehead atoms. The zero-order valence-corrected chi connectivity index (χ0v) is 24.4. The lowest BCUT2D eigenvalue weighted by atomic mass is 9.93. The van der Waals surface area contributed by atoms with Crippen LogP contribution in [-0.4, -0.2) is 78.0 Å². The minimum absolute atomic E-state index is 0.00653. The van der Waals surface area contributed by atoms with Gasteiger partial charge in [-0.15, -0.1) is 0 Å². The molecule has 3 amide bonds. The SMILES string of the molecule is CN(C(=O)OC1CC2CCC1C2)[C@@H]1CN(C(=O)C2CCN(C(=O)C3(C)CC3)CC2)C[C@H]1c1ccc(Cl)c(Cl)c1. The van der Waals surface area contributed by atoms with Crippen molar-refractivity contribution in [2.24, 2.45) is 23.2 Å². The highest BCUT2D eigenvalue weighted by Gasteiger charge is 2.49. The van der Waals surface area contributed by atoms with Crippen molar-refractivity contribution in [1.29, 1.82) is 0 Å². The van der Waals surface area contributed by atoms with Crippen LogP contribution in [0.2, 0.25) is 10.0 Å². The fourth-order valence-electron chi connectivity index (χ4n) is 7.48. The normalized spacial score (nSPS) is 31.4.